The van der Waals surface area contributed by atoms with Crippen LogP contribution in [0.15, 0.2) is 36.4 Å². The van der Waals surface area contributed by atoms with Crippen molar-refractivity contribution in [2.45, 2.75) is 91.9 Å². The monoisotopic (exact) mass is 634 g/mol. The molecule has 0 unspecified atom stereocenters. The van der Waals surface area contributed by atoms with Crippen LogP contribution >= 0.6 is 0 Å². The van der Waals surface area contributed by atoms with Crippen molar-refractivity contribution in [1.82, 2.24) is 9.80 Å². The van der Waals surface area contributed by atoms with Gasteiger partial charge in [-0.1, -0.05) is 77.6 Å². The summed E-state index contributed by atoms with van der Waals surface area (Å²) in [5, 5.41) is 0. The summed E-state index contributed by atoms with van der Waals surface area (Å²) >= 11 is 0. The fourth-order valence-electron chi connectivity index (χ4n) is 5.84. The summed E-state index contributed by atoms with van der Waals surface area (Å²) in [5.74, 6) is -2.20. The van der Waals surface area contributed by atoms with E-state index >= 15 is 0 Å². The molecule has 0 N–H and O–H groups in total. The molecule has 0 saturated carbocycles. The minimum atomic E-state index is -0.627. The number of benzene rings is 2. The molecule has 0 spiro atoms. The van der Waals surface area contributed by atoms with Gasteiger partial charge in [-0.15, -0.1) is 0 Å². The van der Waals surface area contributed by atoms with Crippen molar-refractivity contribution in [2.75, 3.05) is 52.5 Å². The van der Waals surface area contributed by atoms with Crippen LogP contribution in [-0.2, 0) is 9.47 Å². The molecule has 0 fully saturated rings. The lowest BCUT2D eigenvalue weighted by Crippen LogP contribution is -2.29. The summed E-state index contributed by atoms with van der Waals surface area (Å²) in [5.41, 5.74) is 0.391. The highest BCUT2D eigenvalue weighted by molar-refractivity contribution is 6.32. The van der Waals surface area contributed by atoms with Crippen molar-refractivity contribution in [3.8, 4) is 0 Å². The zero-order valence-corrected chi connectivity index (χ0v) is 28.5. The van der Waals surface area contributed by atoms with E-state index in [-0.39, 0.29) is 46.6 Å². The maximum atomic E-state index is 13.8. The van der Waals surface area contributed by atoms with Gasteiger partial charge < -0.3 is 19.3 Å². The standard InChI is InChI=1S/C38H54N2O6/c1-5-9-21-39(22-10-6-2)25-15-27-45-37(43)31-19-13-17-29-33(31)35(41)30-18-14-20-32(34(30)36(29)42)38(44)46-28-16-26-40(23-11-7-3)24-12-8-4/h13-14,17-20H,5-12,15-16,21-28H2,1-4H3. The van der Waals surface area contributed by atoms with E-state index in [9.17, 15) is 19.2 Å². The number of nitrogens with zero attached hydrogens (tertiary/aromatic N) is 2. The van der Waals surface area contributed by atoms with Gasteiger partial charge in [0.1, 0.15) is 0 Å². The molecule has 8 heteroatoms. The van der Waals surface area contributed by atoms with Crippen LogP contribution in [-0.4, -0.2) is 85.8 Å². The number of carbonyl (C=O) groups is 4. The van der Waals surface area contributed by atoms with Crippen molar-refractivity contribution in [3.63, 3.8) is 0 Å². The first-order valence-electron chi connectivity index (χ1n) is 17.5. The smallest absolute Gasteiger partial charge is 0.338 e. The third-order valence-electron chi connectivity index (χ3n) is 8.53. The molecule has 1 aliphatic carbocycles. The molecule has 0 heterocycles. The van der Waals surface area contributed by atoms with Crippen LogP contribution in [0.2, 0.25) is 0 Å². The Morgan fingerprint density at radius 1 is 0.522 bits per heavy atom. The van der Waals surface area contributed by atoms with Gasteiger partial charge in [-0.3, -0.25) is 9.59 Å². The molecule has 0 saturated heterocycles. The fraction of sp³-hybridized carbons (Fsp3) is 0.579. The molecule has 0 amide bonds. The molecular weight excluding hydrogens is 580 g/mol. The Bertz CT molecular complexity index is 1190. The molecule has 2 aromatic carbocycles. The van der Waals surface area contributed by atoms with Gasteiger partial charge in [-0.2, -0.15) is 0 Å². The highest BCUT2D eigenvalue weighted by atomic mass is 16.5. The average Bonchev–Trinajstić information content (AvgIpc) is 3.08. The summed E-state index contributed by atoms with van der Waals surface area (Å²) in [6.07, 6.45) is 10.4. The summed E-state index contributed by atoms with van der Waals surface area (Å²) in [6, 6.07) is 9.25. The molecule has 0 radical (unpaired) electrons. The number of rotatable bonds is 22. The predicted octanol–water partition coefficient (Wildman–Crippen LogP) is 7.36. The lowest BCUT2D eigenvalue weighted by Gasteiger charge is -2.23. The topological polar surface area (TPSA) is 93.2 Å². The number of unbranched alkanes of at least 4 members (excludes halogenated alkanes) is 4. The number of ketones is 2. The van der Waals surface area contributed by atoms with Crippen molar-refractivity contribution >= 4 is 23.5 Å². The van der Waals surface area contributed by atoms with Gasteiger partial charge in [0.25, 0.3) is 0 Å². The molecule has 46 heavy (non-hydrogen) atoms. The Balaban J connectivity index is 1.66. The Kier molecular flexibility index (Phi) is 16.1. The van der Waals surface area contributed by atoms with E-state index in [1.807, 2.05) is 0 Å². The molecule has 3 rings (SSSR count). The minimum absolute atomic E-state index is 0.0299. The van der Waals surface area contributed by atoms with Crippen LogP contribution in [0.1, 0.15) is 144 Å². The van der Waals surface area contributed by atoms with Crippen molar-refractivity contribution in [1.29, 1.82) is 0 Å². The van der Waals surface area contributed by atoms with Gasteiger partial charge in [-0.25, -0.2) is 9.59 Å². The number of esters is 2. The first-order chi connectivity index (χ1) is 22.4. The van der Waals surface area contributed by atoms with E-state index in [0.717, 1.165) is 90.6 Å². The molecule has 1 aliphatic rings. The van der Waals surface area contributed by atoms with Gasteiger partial charge in [0.15, 0.2) is 11.6 Å². The van der Waals surface area contributed by atoms with E-state index in [0.29, 0.717) is 12.8 Å². The Morgan fingerprint density at radius 3 is 1.17 bits per heavy atom. The first-order valence-corrected chi connectivity index (χ1v) is 17.5. The van der Waals surface area contributed by atoms with Gasteiger partial charge in [0.05, 0.1) is 24.3 Å². The highest BCUT2D eigenvalue weighted by Gasteiger charge is 2.36. The number of fused-ring (bicyclic) bond motifs is 2. The number of carbonyl (C=O) groups excluding carboxylic acids is 4. The quantitative estimate of drug-likeness (QED) is 0.0836. The zero-order valence-electron chi connectivity index (χ0n) is 28.5. The minimum Gasteiger partial charge on any atom is -0.462 e. The van der Waals surface area contributed by atoms with Crippen LogP contribution < -0.4 is 0 Å². The van der Waals surface area contributed by atoms with E-state index < -0.39 is 23.5 Å². The molecule has 0 aliphatic heterocycles. The Labute approximate surface area is 275 Å². The van der Waals surface area contributed by atoms with Gasteiger partial charge >= 0.3 is 11.9 Å². The van der Waals surface area contributed by atoms with Gasteiger partial charge in [-0.05, 0) is 76.8 Å². The SMILES string of the molecule is CCCCN(CCCC)CCCOC(=O)c1cccc2c1C(=O)c1cccc(C(=O)OCCCN(CCCC)CCCC)c1C2=O. The molecule has 252 valence electrons. The molecule has 2 aromatic rings. The molecule has 8 nitrogen and oxygen atoms in total. The second kappa shape index (κ2) is 20.0. The second-order valence-corrected chi connectivity index (χ2v) is 12.2. The third-order valence-corrected chi connectivity index (χ3v) is 8.53. The maximum absolute atomic E-state index is 13.8. The number of ether oxygens (including phenoxy) is 2. The van der Waals surface area contributed by atoms with Gasteiger partial charge in [0, 0.05) is 35.3 Å². The number of hydrogen-bond donors (Lipinski definition) is 0. The summed E-state index contributed by atoms with van der Waals surface area (Å²) in [7, 11) is 0. The maximum Gasteiger partial charge on any atom is 0.338 e. The van der Waals surface area contributed by atoms with Crippen LogP contribution in [0.5, 0.6) is 0 Å². The van der Waals surface area contributed by atoms with E-state index in [1.54, 1.807) is 12.1 Å². The van der Waals surface area contributed by atoms with Crippen LogP contribution in [0.3, 0.4) is 0 Å². The lowest BCUT2D eigenvalue weighted by molar-refractivity contribution is 0.0475. The van der Waals surface area contributed by atoms with Crippen LogP contribution in [0.4, 0.5) is 0 Å². The normalized spacial score (nSPS) is 12.4. The van der Waals surface area contributed by atoms with Crippen LogP contribution in [0.25, 0.3) is 0 Å². The fourth-order valence-corrected chi connectivity index (χ4v) is 5.84. The zero-order chi connectivity index (χ0) is 33.3. The Morgan fingerprint density at radius 2 is 0.848 bits per heavy atom. The molecule has 0 bridgehead atoms. The van der Waals surface area contributed by atoms with Crippen LogP contribution in [0, 0.1) is 0 Å². The van der Waals surface area contributed by atoms with E-state index in [1.165, 1.54) is 24.3 Å². The lowest BCUT2D eigenvalue weighted by atomic mass is 9.80. The molecule has 0 aromatic heterocycles. The van der Waals surface area contributed by atoms with E-state index in [4.69, 9.17) is 9.47 Å². The van der Waals surface area contributed by atoms with Gasteiger partial charge in [0.2, 0.25) is 0 Å². The molecule has 0 atom stereocenters. The third kappa shape index (κ3) is 10.3. The second-order valence-electron chi connectivity index (χ2n) is 12.2. The largest absolute Gasteiger partial charge is 0.462 e. The number of hydrogen-bond acceptors (Lipinski definition) is 8. The summed E-state index contributed by atoms with van der Waals surface area (Å²) in [6.45, 7) is 14.9. The highest BCUT2D eigenvalue weighted by Crippen LogP contribution is 2.32. The van der Waals surface area contributed by atoms with Crippen molar-refractivity contribution in [2.24, 2.45) is 0 Å². The van der Waals surface area contributed by atoms with Crippen molar-refractivity contribution < 1.29 is 28.7 Å². The average molecular weight is 635 g/mol. The predicted molar refractivity (Wildman–Crippen MR) is 182 cm³/mol. The molecular formula is C38H54N2O6. The Hall–Kier alpha value is -3.36. The first kappa shape index (κ1) is 37.1. The summed E-state index contributed by atoms with van der Waals surface area (Å²) in [4.78, 5) is 58.7. The van der Waals surface area contributed by atoms with Crippen molar-refractivity contribution in [3.05, 3.63) is 69.8 Å². The summed E-state index contributed by atoms with van der Waals surface area (Å²) < 4.78 is 11.2. The van der Waals surface area contributed by atoms with E-state index in [2.05, 4.69) is 37.5 Å².